The summed E-state index contributed by atoms with van der Waals surface area (Å²) in [4.78, 5) is 21.4. The molecule has 3 aromatic rings. The van der Waals surface area contributed by atoms with Crippen molar-refractivity contribution >= 4 is 11.7 Å². The maximum Gasteiger partial charge on any atom is 0.270 e. The topological polar surface area (TPSA) is 80.0 Å². The van der Waals surface area contributed by atoms with Crippen LogP contribution in [0.1, 0.15) is 29.6 Å². The summed E-state index contributed by atoms with van der Waals surface area (Å²) in [5.74, 6) is 1.58. The van der Waals surface area contributed by atoms with E-state index in [-0.39, 0.29) is 5.91 Å². The van der Waals surface area contributed by atoms with Crippen molar-refractivity contribution in [2.75, 3.05) is 11.9 Å². The van der Waals surface area contributed by atoms with Gasteiger partial charge in [-0.2, -0.15) is 0 Å². The summed E-state index contributed by atoms with van der Waals surface area (Å²) in [7, 11) is 0. The van der Waals surface area contributed by atoms with Gasteiger partial charge in [0, 0.05) is 18.2 Å². The van der Waals surface area contributed by atoms with E-state index in [1.807, 2.05) is 36.4 Å². The first kappa shape index (κ1) is 16.7. The number of nitrogens with one attached hydrogen (secondary N) is 2. The molecular formula is C19H20N4O2. The lowest BCUT2D eigenvalue weighted by atomic mass is 10.2. The molecule has 25 heavy (non-hydrogen) atoms. The molecule has 0 aliphatic rings. The van der Waals surface area contributed by atoms with Gasteiger partial charge < -0.3 is 15.1 Å². The number of carbonyl (C=O) groups is 1. The van der Waals surface area contributed by atoms with Crippen LogP contribution in [0, 0.1) is 0 Å². The molecule has 0 atom stereocenters. The van der Waals surface area contributed by atoms with E-state index in [0.717, 1.165) is 18.5 Å². The van der Waals surface area contributed by atoms with Crippen LogP contribution in [-0.2, 0) is 6.54 Å². The van der Waals surface area contributed by atoms with Crippen molar-refractivity contribution in [3.05, 3.63) is 66.2 Å². The van der Waals surface area contributed by atoms with Gasteiger partial charge in [-0.05, 0) is 18.6 Å². The Morgan fingerprint density at radius 3 is 2.68 bits per heavy atom. The third-order valence-corrected chi connectivity index (χ3v) is 3.55. The lowest BCUT2D eigenvalue weighted by Gasteiger charge is -2.10. The van der Waals surface area contributed by atoms with Gasteiger partial charge in [-0.15, -0.1) is 0 Å². The van der Waals surface area contributed by atoms with Crippen molar-refractivity contribution in [1.82, 2.24) is 15.3 Å². The van der Waals surface area contributed by atoms with Gasteiger partial charge in [-0.25, -0.2) is 9.97 Å². The second-order valence-electron chi connectivity index (χ2n) is 5.52. The number of rotatable bonds is 7. The predicted octanol–water partition coefficient (Wildman–Crippen LogP) is 3.49. The smallest absolute Gasteiger partial charge is 0.270 e. The largest absolute Gasteiger partial charge is 0.467 e. The van der Waals surface area contributed by atoms with Crippen LogP contribution in [0.25, 0.3) is 11.4 Å². The molecule has 6 heteroatoms. The molecule has 0 spiro atoms. The van der Waals surface area contributed by atoms with Crippen LogP contribution in [-0.4, -0.2) is 22.4 Å². The van der Waals surface area contributed by atoms with Crippen molar-refractivity contribution in [3.8, 4) is 11.4 Å². The first-order chi connectivity index (χ1) is 12.3. The van der Waals surface area contributed by atoms with E-state index >= 15 is 0 Å². The van der Waals surface area contributed by atoms with E-state index < -0.39 is 0 Å². The second-order valence-corrected chi connectivity index (χ2v) is 5.52. The van der Waals surface area contributed by atoms with E-state index in [9.17, 15) is 4.79 Å². The van der Waals surface area contributed by atoms with Crippen LogP contribution in [0.5, 0.6) is 0 Å². The Morgan fingerprint density at radius 2 is 1.96 bits per heavy atom. The van der Waals surface area contributed by atoms with Gasteiger partial charge in [0.15, 0.2) is 5.82 Å². The molecule has 2 N–H and O–H groups in total. The Morgan fingerprint density at radius 1 is 1.12 bits per heavy atom. The molecule has 128 valence electrons. The molecule has 2 aromatic heterocycles. The highest BCUT2D eigenvalue weighted by atomic mass is 16.3. The number of anilines is 1. The molecule has 1 amide bonds. The number of hydrogen-bond acceptors (Lipinski definition) is 5. The molecule has 3 rings (SSSR count). The molecule has 2 heterocycles. The number of furan rings is 1. The van der Waals surface area contributed by atoms with Gasteiger partial charge in [0.2, 0.25) is 0 Å². The molecule has 1 aromatic carbocycles. The molecule has 0 aliphatic heterocycles. The second kappa shape index (κ2) is 8.10. The fourth-order valence-electron chi connectivity index (χ4n) is 2.29. The molecule has 0 saturated heterocycles. The third-order valence-electron chi connectivity index (χ3n) is 3.55. The summed E-state index contributed by atoms with van der Waals surface area (Å²) in [5.41, 5.74) is 1.18. The molecule has 0 bridgehead atoms. The average Bonchev–Trinajstić information content (AvgIpc) is 3.18. The summed E-state index contributed by atoms with van der Waals surface area (Å²) < 4.78 is 5.23. The van der Waals surface area contributed by atoms with Crippen LogP contribution in [0.3, 0.4) is 0 Å². The number of carbonyl (C=O) groups excluding carboxylic acids is 1. The summed E-state index contributed by atoms with van der Waals surface area (Å²) in [6.07, 6.45) is 2.54. The molecule has 0 saturated carbocycles. The van der Waals surface area contributed by atoms with Crippen molar-refractivity contribution < 1.29 is 9.21 Å². The van der Waals surface area contributed by atoms with Crippen LogP contribution < -0.4 is 10.6 Å². The Hall–Kier alpha value is -3.15. The predicted molar refractivity (Wildman–Crippen MR) is 96.1 cm³/mol. The minimum Gasteiger partial charge on any atom is -0.467 e. The molecule has 0 radical (unpaired) electrons. The van der Waals surface area contributed by atoms with E-state index in [4.69, 9.17) is 4.42 Å². The fourth-order valence-corrected chi connectivity index (χ4v) is 2.29. The van der Waals surface area contributed by atoms with E-state index in [1.54, 1.807) is 18.4 Å². The van der Waals surface area contributed by atoms with Crippen molar-refractivity contribution in [2.24, 2.45) is 0 Å². The number of benzene rings is 1. The Bertz CT molecular complexity index is 817. The summed E-state index contributed by atoms with van der Waals surface area (Å²) >= 11 is 0. The van der Waals surface area contributed by atoms with Gasteiger partial charge in [-0.3, -0.25) is 4.79 Å². The minimum atomic E-state index is -0.268. The summed E-state index contributed by atoms with van der Waals surface area (Å²) in [6.45, 7) is 3.16. The standard InChI is InChI=1S/C19H20N4O2/c1-2-10-20-17-12-16(19(24)21-13-15-9-6-11-25-15)22-18(23-17)14-7-4-3-5-8-14/h3-9,11-12H,2,10,13H2,1H3,(H,21,24)(H,20,22,23). The van der Waals surface area contributed by atoms with E-state index in [2.05, 4.69) is 27.5 Å². The normalized spacial score (nSPS) is 10.4. The maximum absolute atomic E-state index is 12.5. The Labute approximate surface area is 146 Å². The Kier molecular flexibility index (Phi) is 5.41. The van der Waals surface area contributed by atoms with Crippen LogP contribution in [0.4, 0.5) is 5.82 Å². The van der Waals surface area contributed by atoms with E-state index in [0.29, 0.717) is 29.6 Å². The fraction of sp³-hybridized carbons (Fsp3) is 0.211. The van der Waals surface area contributed by atoms with E-state index in [1.165, 1.54) is 0 Å². The van der Waals surface area contributed by atoms with Gasteiger partial charge in [0.05, 0.1) is 12.8 Å². The molecule has 6 nitrogen and oxygen atoms in total. The monoisotopic (exact) mass is 336 g/mol. The van der Waals surface area contributed by atoms with Crippen LogP contribution >= 0.6 is 0 Å². The lowest BCUT2D eigenvalue weighted by molar-refractivity contribution is 0.0943. The average molecular weight is 336 g/mol. The van der Waals surface area contributed by atoms with Crippen LogP contribution in [0.2, 0.25) is 0 Å². The Balaban J connectivity index is 1.84. The summed E-state index contributed by atoms with van der Waals surface area (Å²) in [5, 5.41) is 6.03. The maximum atomic E-state index is 12.5. The zero-order chi connectivity index (χ0) is 17.5. The SMILES string of the molecule is CCCNc1cc(C(=O)NCc2ccco2)nc(-c2ccccc2)n1. The third kappa shape index (κ3) is 4.44. The van der Waals surface area contributed by atoms with Crippen molar-refractivity contribution in [1.29, 1.82) is 0 Å². The minimum absolute atomic E-state index is 0.268. The zero-order valence-electron chi connectivity index (χ0n) is 14.0. The first-order valence-corrected chi connectivity index (χ1v) is 8.25. The van der Waals surface area contributed by atoms with Gasteiger partial charge in [-0.1, -0.05) is 37.3 Å². The van der Waals surface area contributed by atoms with Gasteiger partial charge in [0.1, 0.15) is 17.3 Å². The lowest BCUT2D eigenvalue weighted by Crippen LogP contribution is -2.24. The highest BCUT2D eigenvalue weighted by molar-refractivity contribution is 5.93. The molecular weight excluding hydrogens is 316 g/mol. The van der Waals surface area contributed by atoms with Gasteiger partial charge in [0.25, 0.3) is 5.91 Å². The highest BCUT2D eigenvalue weighted by Gasteiger charge is 2.13. The molecule has 0 aliphatic carbocycles. The molecule has 0 fully saturated rings. The number of amides is 1. The number of nitrogens with zero attached hydrogens (tertiary/aromatic N) is 2. The summed E-state index contributed by atoms with van der Waals surface area (Å²) in [6, 6.07) is 14.9. The van der Waals surface area contributed by atoms with Gasteiger partial charge >= 0.3 is 0 Å². The van der Waals surface area contributed by atoms with Crippen molar-refractivity contribution in [3.63, 3.8) is 0 Å². The number of aromatic nitrogens is 2. The zero-order valence-corrected chi connectivity index (χ0v) is 14.0. The van der Waals surface area contributed by atoms with Crippen LogP contribution in [0.15, 0.2) is 59.2 Å². The molecule has 0 unspecified atom stereocenters. The quantitative estimate of drug-likeness (QED) is 0.690. The van der Waals surface area contributed by atoms with Crippen molar-refractivity contribution in [2.45, 2.75) is 19.9 Å². The highest BCUT2D eigenvalue weighted by Crippen LogP contribution is 2.18. The first-order valence-electron chi connectivity index (χ1n) is 8.25. The number of hydrogen-bond donors (Lipinski definition) is 2.